The third-order valence-corrected chi connectivity index (χ3v) is 1.39. The lowest BCUT2D eigenvalue weighted by Crippen LogP contribution is -2.12. The van der Waals surface area contributed by atoms with E-state index >= 15 is 0 Å². The molecule has 1 nitrogen and oxygen atoms in total. The van der Waals surface area contributed by atoms with Crippen LogP contribution in [0, 0.1) is 17.8 Å². The maximum Gasteiger partial charge on any atom is 0.279 e. The maximum atomic E-state index is 12.6. The summed E-state index contributed by atoms with van der Waals surface area (Å²) in [5, 5.41) is 9.11. The fourth-order valence-corrected chi connectivity index (χ4v) is 0.551. The lowest BCUT2D eigenvalue weighted by Gasteiger charge is -2.06. The number of rotatable bonds is 1. The minimum Gasteiger partial charge on any atom is -0.380 e. The van der Waals surface area contributed by atoms with Crippen LogP contribution in [0.25, 0.3) is 0 Å². The van der Waals surface area contributed by atoms with Crippen molar-refractivity contribution in [2.24, 2.45) is 5.92 Å². The standard InChI is InChI=1S/C7H9Br2FO/c1-5(2)6(11)3-4-7(8,9)10/h5-6,11H,1-2H3. The smallest absolute Gasteiger partial charge is 0.279 e. The van der Waals surface area contributed by atoms with Gasteiger partial charge in [0, 0.05) is 0 Å². The van der Waals surface area contributed by atoms with Crippen LogP contribution in [0.1, 0.15) is 13.8 Å². The number of halogens is 3. The SMILES string of the molecule is CC(C)C(O)C#CC(F)(Br)Br. The molecule has 0 bridgehead atoms. The fourth-order valence-electron chi connectivity index (χ4n) is 0.322. The van der Waals surface area contributed by atoms with Gasteiger partial charge in [0.15, 0.2) is 0 Å². The van der Waals surface area contributed by atoms with Gasteiger partial charge in [0.2, 0.25) is 0 Å². The molecular weight excluding hydrogens is 279 g/mol. The van der Waals surface area contributed by atoms with Gasteiger partial charge in [-0.25, -0.2) is 4.39 Å². The van der Waals surface area contributed by atoms with E-state index in [1.165, 1.54) is 0 Å². The van der Waals surface area contributed by atoms with E-state index in [9.17, 15) is 4.39 Å². The third-order valence-electron chi connectivity index (χ3n) is 0.993. The molecule has 0 heterocycles. The summed E-state index contributed by atoms with van der Waals surface area (Å²) in [4.78, 5) is 0. The van der Waals surface area contributed by atoms with Crippen molar-refractivity contribution in [3.63, 3.8) is 0 Å². The molecule has 0 aromatic carbocycles. The highest BCUT2D eigenvalue weighted by Gasteiger charge is 2.16. The van der Waals surface area contributed by atoms with E-state index in [-0.39, 0.29) is 5.92 Å². The fraction of sp³-hybridized carbons (Fsp3) is 0.714. The molecule has 0 aliphatic rings. The molecule has 11 heavy (non-hydrogen) atoms. The first-order valence-corrected chi connectivity index (χ1v) is 4.69. The second kappa shape index (κ2) is 4.44. The summed E-state index contributed by atoms with van der Waals surface area (Å²) in [5.41, 5.74) is 0. The molecule has 1 N–H and O–H groups in total. The summed E-state index contributed by atoms with van der Waals surface area (Å²) in [6.07, 6.45) is -0.778. The third kappa shape index (κ3) is 6.79. The zero-order valence-electron chi connectivity index (χ0n) is 6.24. The summed E-state index contributed by atoms with van der Waals surface area (Å²) < 4.78 is 10.7. The monoisotopic (exact) mass is 286 g/mol. The molecule has 0 spiro atoms. The average Bonchev–Trinajstić information content (AvgIpc) is 1.80. The first-order valence-electron chi connectivity index (χ1n) is 3.10. The Bertz CT molecular complexity index is 175. The van der Waals surface area contributed by atoms with Gasteiger partial charge in [0.1, 0.15) is 6.10 Å². The summed E-state index contributed by atoms with van der Waals surface area (Å²) in [7, 11) is 0. The van der Waals surface area contributed by atoms with Gasteiger partial charge in [-0.1, -0.05) is 19.8 Å². The summed E-state index contributed by atoms with van der Waals surface area (Å²) in [6, 6.07) is 0. The van der Waals surface area contributed by atoms with E-state index in [2.05, 4.69) is 43.7 Å². The number of alkyl halides is 3. The Labute approximate surface area is 82.6 Å². The zero-order chi connectivity index (χ0) is 9.07. The molecule has 0 fully saturated rings. The van der Waals surface area contributed by atoms with Gasteiger partial charge in [-0.05, 0) is 43.7 Å². The Balaban J connectivity index is 4.08. The van der Waals surface area contributed by atoms with Gasteiger partial charge in [0.05, 0.1) is 0 Å². The highest BCUT2D eigenvalue weighted by atomic mass is 79.9. The van der Waals surface area contributed by atoms with Gasteiger partial charge in [-0.2, -0.15) is 0 Å². The van der Waals surface area contributed by atoms with Crippen LogP contribution >= 0.6 is 31.9 Å². The molecule has 4 heteroatoms. The van der Waals surface area contributed by atoms with Crippen molar-refractivity contribution < 1.29 is 9.50 Å². The van der Waals surface area contributed by atoms with Crippen LogP contribution < -0.4 is 0 Å². The Kier molecular flexibility index (Phi) is 4.60. The second-order valence-electron chi connectivity index (χ2n) is 2.46. The Morgan fingerprint density at radius 1 is 1.45 bits per heavy atom. The van der Waals surface area contributed by atoms with Crippen molar-refractivity contribution in [3.05, 3.63) is 0 Å². The molecule has 0 aliphatic carbocycles. The van der Waals surface area contributed by atoms with Crippen molar-refractivity contribution in [3.8, 4) is 11.8 Å². The van der Waals surface area contributed by atoms with E-state index in [0.717, 1.165) is 0 Å². The van der Waals surface area contributed by atoms with E-state index in [1.54, 1.807) is 0 Å². The van der Waals surface area contributed by atoms with Gasteiger partial charge < -0.3 is 5.11 Å². The van der Waals surface area contributed by atoms with Gasteiger partial charge in [-0.3, -0.25) is 0 Å². The largest absolute Gasteiger partial charge is 0.380 e. The van der Waals surface area contributed by atoms with Crippen molar-refractivity contribution >= 4 is 31.9 Å². The van der Waals surface area contributed by atoms with Crippen LogP contribution in [-0.4, -0.2) is 14.7 Å². The maximum absolute atomic E-state index is 12.6. The van der Waals surface area contributed by atoms with Crippen molar-refractivity contribution in [2.45, 2.75) is 23.4 Å². The quantitative estimate of drug-likeness (QED) is 0.580. The Hall–Kier alpha value is 0.410. The molecule has 0 aromatic rings. The zero-order valence-corrected chi connectivity index (χ0v) is 9.41. The molecule has 1 atom stereocenters. The predicted octanol–water partition coefficient (Wildman–Crippen LogP) is 2.42. The highest BCUT2D eigenvalue weighted by molar-refractivity contribution is 9.25. The Morgan fingerprint density at radius 3 is 2.18 bits per heavy atom. The van der Waals surface area contributed by atoms with Crippen molar-refractivity contribution in [2.75, 3.05) is 0 Å². The van der Waals surface area contributed by atoms with Gasteiger partial charge in [0.25, 0.3) is 3.49 Å². The topological polar surface area (TPSA) is 20.2 Å². The summed E-state index contributed by atoms with van der Waals surface area (Å²) in [5.74, 6) is 4.55. The molecule has 1 unspecified atom stereocenters. The van der Waals surface area contributed by atoms with E-state index < -0.39 is 9.59 Å². The van der Waals surface area contributed by atoms with Crippen LogP contribution in [0.15, 0.2) is 0 Å². The van der Waals surface area contributed by atoms with Crippen LogP contribution in [0.4, 0.5) is 4.39 Å². The number of aliphatic hydroxyl groups is 1. The first-order chi connectivity index (χ1) is 4.83. The Morgan fingerprint density at radius 2 is 1.91 bits per heavy atom. The van der Waals surface area contributed by atoms with Gasteiger partial charge >= 0.3 is 0 Å². The lowest BCUT2D eigenvalue weighted by atomic mass is 10.1. The van der Waals surface area contributed by atoms with E-state index in [0.29, 0.717) is 0 Å². The summed E-state index contributed by atoms with van der Waals surface area (Å²) in [6.45, 7) is 3.61. The van der Waals surface area contributed by atoms with E-state index in [4.69, 9.17) is 5.11 Å². The van der Waals surface area contributed by atoms with Crippen molar-refractivity contribution in [1.29, 1.82) is 0 Å². The van der Waals surface area contributed by atoms with Crippen LogP contribution in [0.5, 0.6) is 0 Å². The molecule has 0 rings (SSSR count). The van der Waals surface area contributed by atoms with Crippen LogP contribution in [-0.2, 0) is 0 Å². The van der Waals surface area contributed by atoms with E-state index in [1.807, 2.05) is 13.8 Å². The summed E-state index contributed by atoms with van der Waals surface area (Å²) >= 11 is 5.24. The first kappa shape index (κ1) is 11.4. The number of hydrogen-bond donors (Lipinski definition) is 1. The van der Waals surface area contributed by atoms with Gasteiger partial charge in [-0.15, -0.1) is 0 Å². The predicted molar refractivity (Wildman–Crippen MR) is 50.3 cm³/mol. The normalized spacial score (nSPS) is 14.1. The molecule has 0 amide bonds. The minimum atomic E-state index is -1.88. The molecule has 0 saturated heterocycles. The van der Waals surface area contributed by atoms with Crippen LogP contribution in [0.2, 0.25) is 0 Å². The number of aliphatic hydroxyl groups excluding tert-OH is 1. The second-order valence-corrected chi connectivity index (χ2v) is 5.71. The average molecular weight is 288 g/mol. The van der Waals surface area contributed by atoms with Crippen molar-refractivity contribution in [1.82, 2.24) is 0 Å². The molecule has 0 saturated carbocycles. The molecule has 64 valence electrons. The van der Waals surface area contributed by atoms with Crippen LogP contribution in [0.3, 0.4) is 0 Å². The molecular formula is C7H9Br2FO. The molecule has 0 radical (unpaired) electrons. The number of hydrogen-bond acceptors (Lipinski definition) is 1. The minimum absolute atomic E-state index is 0.0184. The lowest BCUT2D eigenvalue weighted by molar-refractivity contribution is 0.181. The molecule has 0 aliphatic heterocycles. The highest BCUT2D eigenvalue weighted by Crippen LogP contribution is 2.26. The molecule has 0 aromatic heterocycles.